The molecule has 0 radical (unpaired) electrons. The third kappa shape index (κ3) is 5.15. The number of likely N-dealkylation sites (tertiary alicyclic amines) is 1. The Kier molecular flexibility index (Phi) is 6.77. The highest BCUT2D eigenvalue weighted by Crippen LogP contribution is 2.19. The lowest BCUT2D eigenvalue weighted by molar-refractivity contribution is -0.146. The van der Waals surface area contributed by atoms with Crippen molar-refractivity contribution in [1.29, 1.82) is 0 Å². The highest BCUT2D eigenvalue weighted by Gasteiger charge is 2.38. The molecule has 7 nitrogen and oxygen atoms in total. The maximum atomic E-state index is 12.6. The molecule has 1 fully saturated rings. The summed E-state index contributed by atoms with van der Waals surface area (Å²) < 4.78 is 5.81. The van der Waals surface area contributed by atoms with Crippen LogP contribution in [-0.4, -0.2) is 59.6 Å². The number of esters is 1. The van der Waals surface area contributed by atoms with Gasteiger partial charge in [-0.2, -0.15) is 0 Å². The molecule has 0 aliphatic carbocycles. The topological polar surface area (TPSA) is 95.9 Å². The lowest BCUT2D eigenvalue weighted by Crippen LogP contribution is -2.51. The second-order valence-corrected chi connectivity index (χ2v) is 7.24. The fourth-order valence-corrected chi connectivity index (χ4v) is 3.52. The van der Waals surface area contributed by atoms with Crippen LogP contribution in [0.25, 0.3) is 0 Å². The van der Waals surface area contributed by atoms with Crippen molar-refractivity contribution in [2.24, 2.45) is 0 Å². The first-order valence-corrected chi connectivity index (χ1v) is 8.97. The summed E-state index contributed by atoms with van der Waals surface area (Å²) in [6.45, 7) is 1.47. The Balaban J connectivity index is 2.12. The van der Waals surface area contributed by atoms with Crippen LogP contribution in [0.5, 0.6) is 0 Å². The van der Waals surface area contributed by atoms with Crippen molar-refractivity contribution in [3.05, 3.63) is 33.4 Å². The number of hydrogen-bond acceptors (Lipinski definition) is 5. The van der Waals surface area contributed by atoms with E-state index in [1.165, 1.54) is 18.9 Å². The number of amides is 2. The molecule has 1 aliphatic heterocycles. The Bertz CT molecular complexity index is 666. The van der Waals surface area contributed by atoms with Crippen LogP contribution in [0.1, 0.15) is 18.9 Å². The summed E-state index contributed by atoms with van der Waals surface area (Å²) in [6, 6.07) is 5.95. The number of benzene rings is 1. The van der Waals surface area contributed by atoms with Crippen molar-refractivity contribution in [2.45, 2.75) is 38.0 Å². The highest BCUT2D eigenvalue weighted by atomic mass is 127. The van der Waals surface area contributed by atoms with E-state index in [-0.39, 0.29) is 25.3 Å². The van der Waals surface area contributed by atoms with Crippen LogP contribution < -0.4 is 5.32 Å². The molecule has 3 atom stereocenters. The Morgan fingerprint density at radius 1 is 1.44 bits per heavy atom. The van der Waals surface area contributed by atoms with Gasteiger partial charge in [-0.15, -0.1) is 0 Å². The van der Waals surface area contributed by atoms with Gasteiger partial charge in [0.05, 0.1) is 13.2 Å². The van der Waals surface area contributed by atoms with E-state index in [1.54, 1.807) is 0 Å². The van der Waals surface area contributed by atoms with Crippen LogP contribution in [0.4, 0.5) is 0 Å². The number of β-amino-alcohol motifs (C(OH)–C–C–N with tert-alkyl or cyclic N) is 1. The molecule has 1 aromatic carbocycles. The summed E-state index contributed by atoms with van der Waals surface area (Å²) in [5.41, 5.74) is 0.887. The van der Waals surface area contributed by atoms with E-state index in [0.717, 1.165) is 9.13 Å². The molecular weight excluding hydrogens is 439 g/mol. The number of carbonyl (C=O) groups is 3. The summed E-state index contributed by atoms with van der Waals surface area (Å²) >= 11 is 2.17. The van der Waals surface area contributed by atoms with Crippen LogP contribution >= 0.6 is 22.6 Å². The minimum Gasteiger partial charge on any atom is -0.467 e. The van der Waals surface area contributed by atoms with E-state index in [1.807, 2.05) is 24.3 Å². The molecule has 2 N–H and O–H groups in total. The number of hydrogen-bond donors (Lipinski definition) is 2. The van der Waals surface area contributed by atoms with E-state index in [0.29, 0.717) is 0 Å². The van der Waals surface area contributed by atoms with Crippen LogP contribution in [0, 0.1) is 3.57 Å². The van der Waals surface area contributed by atoms with Gasteiger partial charge in [0.2, 0.25) is 11.8 Å². The standard InChI is InChI=1S/C17H21IN2O5/c1-10(21)20-9-13(22)8-15(20)16(23)19-14(17(24)25-2)7-11-4-3-5-12(18)6-11/h3-6,13-15,22H,7-9H2,1-2H3,(H,19,23)/t13-,14-,15+/m1/s1. The first-order valence-electron chi connectivity index (χ1n) is 7.89. The van der Waals surface area contributed by atoms with Crippen molar-refractivity contribution >= 4 is 40.4 Å². The van der Waals surface area contributed by atoms with Gasteiger partial charge in [-0.3, -0.25) is 9.59 Å². The number of methoxy groups -OCH3 is 1. The maximum absolute atomic E-state index is 12.6. The predicted octanol–water partition coefficient (Wildman–Crippen LogP) is 0.473. The van der Waals surface area contributed by atoms with E-state index in [9.17, 15) is 19.5 Å². The highest BCUT2D eigenvalue weighted by molar-refractivity contribution is 14.1. The minimum atomic E-state index is -0.859. The molecule has 1 aliphatic rings. The van der Waals surface area contributed by atoms with Crippen molar-refractivity contribution in [3.63, 3.8) is 0 Å². The van der Waals surface area contributed by atoms with Crippen LogP contribution in [0.15, 0.2) is 24.3 Å². The predicted molar refractivity (Wildman–Crippen MR) is 98.6 cm³/mol. The van der Waals surface area contributed by atoms with Gasteiger partial charge in [0, 0.05) is 29.9 Å². The molecule has 0 aromatic heterocycles. The largest absolute Gasteiger partial charge is 0.467 e. The lowest BCUT2D eigenvalue weighted by atomic mass is 10.1. The number of aliphatic hydroxyl groups excluding tert-OH is 1. The quantitative estimate of drug-likeness (QED) is 0.492. The van der Waals surface area contributed by atoms with E-state index in [2.05, 4.69) is 27.9 Å². The van der Waals surface area contributed by atoms with Crippen molar-refractivity contribution in [1.82, 2.24) is 10.2 Å². The van der Waals surface area contributed by atoms with Crippen LogP contribution in [0.2, 0.25) is 0 Å². The van der Waals surface area contributed by atoms with Gasteiger partial charge in [-0.1, -0.05) is 12.1 Å². The number of nitrogens with zero attached hydrogens (tertiary/aromatic N) is 1. The van der Waals surface area contributed by atoms with E-state index < -0.39 is 30.1 Å². The summed E-state index contributed by atoms with van der Waals surface area (Å²) in [6.07, 6.45) is -0.306. The molecule has 1 heterocycles. The minimum absolute atomic E-state index is 0.118. The molecule has 8 heteroatoms. The first-order chi connectivity index (χ1) is 11.8. The van der Waals surface area contributed by atoms with Crippen molar-refractivity contribution in [3.8, 4) is 0 Å². The number of ether oxygens (including phenoxy) is 1. The molecular formula is C17H21IN2O5. The Morgan fingerprint density at radius 3 is 2.76 bits per heavy atom. The van der Waals surface area contributed by atoms with Gasteiger partial charge >= 0.3 is 5.97 Å². The normalized spacial score (nSPS) is 20.9. The number of nitrogens with one attached hydrogen (secondary N) is 1. The van der Waals surface area contributed by atoms with Gasteiger partial charge < -0.3 is 20.1 Å². The molecule has 1 saturated heterocycles. The average Bonchev–Trinajstić information content (AvgIpc) is 2.96. The Labute approximate surface area is 159 Å². The molecule has 0 spiro atoms. The summed E-state index contributed by atoms with van der Waals surface area (Å²) in [5, 5.41) is 12.4. The molecule has 0 unspecified atom stereocenters. The number of aliphatic hydroxyl groups is 1. The lowest BCUT2D eigenvalue weighted by Gasteiger charge is -2.24. The summed E-state index contributed by atoms with van der Waals surface area (Å²) in [4.78, 5) is 37.6. The van der Waals surface area contributed by atoms with Gasteiger partial charge in [-0.25, -0.2) is 4.79 Å². The van der Waals surface area contributed by atoms with Gasteiger partial charge in [0.25, 0.3) is 0 Å². The van der Waals surface area contributed by atoms with E-state index in [4.69, 9.17) is 4.74 Å². The molecule has 2 amide bonds. The third-order valence-electron chi connectivity index (χ3n) is 4.12. The van der Waals surface area contributed by atoms with Crippen molar-refractivity contribution in [2.75, 3.05) is 13.7 Å². The molecule has 2 rings (SSSR count). The zero-order valence-electron chi connectivity index (χ0n) is 14.1. The van der Waals surface area contributed by atoms with E-state index >= 15 is 0 Å². The molecule has 0 saturated carbocycles. The maximum Gasteiger partial charge on any atom is 0.328 e. The molecule has 25 heavy (non-hydrogen) atoms. The average molecular weight is 460 g/mol. The molecule has 0 bridgehead atoms. The summed E-state index contributed by atoms with van der Waals surface area (Å²) in [5.74, 6) is -1.31. The molecule has 1 aromatic rings. The number of rotatable bonds is 5. The first kappa shape index (κ1) is 19.6. The number of carbonyl (C=O) groups excluding carboxylic acids is 3. The Morgan fingerprint density at radius 2 is 2.16 bits per heavy atom. The second kappa shape index (κ2) is 8.61. The zero-order chi connectivity index (χ0) is 18.6. The third-order valence-corrected chi connectivity index (χ3v) is 4.79. The SMILES string of the molecule is COC(=O)[C@@H](Cc1cccc(I)c1)NC(=O)[C@@H]1C[C@@H](O)CN1C(C)=O. The van der Waals surface area contributed by atoms with Crippen LogP contribution in [-0.2, 0) is 25.5 Å². The van der Waals surface area contributed by atoms with Crippen LogP contribution in [0.3, 0.4) is 0 Å². The van der Waals surface area contributed by atoms with Gasteiger partial charge in [-0.05, 0) is 40.3 Å². The van der Waals surface area contributed by atoms with Gasteiger partial charge in [0.1, 0.15) is 12.1 Å². The summed E-state index contributed by atoms with van der Waals surface area (Å²) in [7, 11) is 1.26. The monoisotopic (exact) mass is 460 g/mol. The number of halogens is 1. The van der Waals surface area contributed by atoms with Crippen molar-refractivity contribution < 1.29 is 24.2 Å². The fourth-order valence-electron chi connectivity index (χ4n) is 2.91. The molecule has 136 valence electrons. The fraction of sp³-hybridized carbons (Fsp3) is 0.471. The van der Waals surface area contributed by atoms with Gasteiger partial charge in [0.15, 0.2) is 0 Å². The smallest absolute Gasteiger partial charge is 0.328 e. The Hall–Kier alpha value is -1.68. The zero-order valence-corrected chi connectivity index (χ0v) is 16.2. The second-order valence-electron chi connectivity index (χ2n) is 6.00.